The number of alkyl halides is 1. The van der Waals surface area contributed by atoms with E-state index in [4.69, 9.17) is 16.7 Å². The minimum absolute atomic E-state index is 0.412. The van der Waals surface area contributed by atoms with Gasteiger partial charge in [-0.3, -0.25) is 4.68 Å². The van der Waals surface area contributed by atoms with Crippen molar-refractivity contribution in [3.8, 4) is 0 Å². The minimum Gasteiger partial charge on any atom is -0.269 e. The molecule has 2 aliphatic rings. The van der Waals surface area contributed by atoms with E-state index in [0.717, 1.165) is 12.3 Å². The topological polar surface area (TPSA) is 17.8 Å². The monoisotopic (exact) mass is 266 g/mol. The Morgan fingerprint density at radius 2 is 2.00 bits per heavy atom. The fourth-order valence-corrected chi connectivity index (χ4v) is 3.91. The van der Waals surface area contributed by atoms with Crippen molar-refractivity contribution in [2.45, 2.75) is 69.2 Å². The van der Waals surface area contributed by atoms with E-state index in [0.29, 0.717) is 11.4 Å². The van der Waals surface area contributed by atoms with E-state index in [2.05, 4.69) is 16.9 Å². The van der Waals surface area contributed by atoms with Crippen LogP contribution in [-0.2, 0) is 6.42 Å². The Balaban J connectivity index is 1.59. The highest BCUT2D eigenvalue weighted by molar-refractivity contribution is 6.20. The number of nitrogens with zero attached hydrogens (tertiary/aromatic N) is 2. The molecule has 1 aromatic rings. The normalized spacial score (nSPS) is 29.8. The van der Waals surface area contributed by atoms with Crippen molar-refractivity contribution in [2.75, 3.05) is 0 Å². The van der Waals surface area contributed by atoms with Crippen LogP contribution >= 0.6 is 11.6 Å². The summed E-state index contributed by atoms with van der Waals surface area (Å²) in [6, 6.07) is 2.88. The zero-order chi connectivity index (χ0) is 12.4. The number of rotatable bonds is 3. The summed E-state index contributed by atoms with van der Waals surface area (Å²) in [6.45, 7) is 0. The van der Waals surface area contributed by atoms with Crippen molar-refractivity contribution in [2.24, 2.45) is 5.92 Å². The van der Waals surface area contributed by atoms with Crippen molar-refractivity contribution >= 4 is 11.6 Å². The highest BCUT2D eigenvalue weighted by atomic mass is 35.5. The summed E-state index contributed by atoms with van der Waals surface area (Å²) in [4.78, 5) is 0. The average Bonchev–Trinajstić information content (AvgIpc) is 3.01. The second-order valence-electron chi connectivity index (χ2n) is 6.06. The second kappa shape index (κ2) is 5.64. The molecular formula is C15H23ClN2. The van der Waals surface area contributed by atoms with Gasteiger partial charge in [0, 0.05) is 11.6 Å². The van der Waals surface area contributed by atoms with Gasteiger partial charge in [-0.1, -0.05) is 19.3 Å². The highest BCUT2D eigenvalue weighted by Crippen LogP contribution is 2.32. The van der Waals surface area contributed by atoms with Gasteiger partial charge in [-0.05, 0) is 50.5 Å². The molecule has 2 fully saturated rings. The molecule has 18 heavy (non-hydrogen) atoms. The zero-order valence-electron chi connectivity index (χ0n) is 11.0. The SMILES string of the molecule is ClC1CCC(Cc2ccn(C3CCCCC3)n2)C1. The van der Waals surface area contributed by atoms with E-state index in [1.807, 2.05) is 0 Å². The Morgan fingerprint density at radius 3 is 2.72 bits per heavy atom. The molecule has 3 heteroatoms. The lowest BCUT2D eigenvalue weighted by atomic mass is 9.96. The minimum atomic E-state index is 0.412. The molecule has 2 aliphatic carbocycles. The number of hydrogen-bond acceptors (Lipinski definition) is 1. The number of halogens is 1. The van der Waals surface area contributed by atoms with Crippen LogP contribution in [0.4, 0.5) is 0 Å². The molecule has 0 aliphatic heterocycles. The lowest BCUT2D eigenvalue weighted by Gasteiger charge is -2.21. The maximum atomic E-state index is 6.17. The first kappa shape index (κ1) is 12.5. The Labute approximate surface area is 115 Å². The third-order valence-electron chi connectivity index (χ3n) is 4.59. The van der Waals surface area contributed by atoms with Crippen LogP contribution in [0.3, 0.4) is 0 Å². The van der Waals surface area contributed by atoms with Crippen LogP contribution < -0.4 is 0 Å². The largest absolute Gasteiger partial charge is 0.269 e. The van der Waals surface area contributed by atoms with Gasteiger partial charge in [0.15, 0.2) is 0 Å². The summed E-state index contributed by atoms with van der Waals surface area (Å²) < 4.78 is 2.22. The summed E-state index contributed by atoms with van der Waals surface area (Å²) in [7, 11) is 0. The van der Waals surface area contributed by atoms with E-state index in [1.54, 1.807) is 0 Å². The lowest BCUT2D eigenvalue weighted by Crippen LogP contribution is -2.13. The van der Waals surface area contributed by atoms with E-state index in [9.17, 15) is 0 Å². The Bertz CT molecular complexity index is 382. The van der Waals surface area contributed by atoms with Gasteiger partial charge in [-0.25, -0.2) is 0 Å². The van der Waals surface area contributed by atoms with Crippen molar-refractivity contribution in [1.29, 1.82) is 0 Å². The van der Waals surface area contributed by atoms with Gasteiger partial charge >= 0.3 is 0 Å². The first-order chi connectivity index (χ1) is 8.81. The molecule has 100 valence electrons. The van der Waals surface area contributed by atoms with Crippen molar-refractivity contribution in [3.63, 3.8) is 0 Å². The van der Waals surface area contributed by atoms with E-state index < -0.39 is 0 Å². The Hall–Kier alpha value is -0.500. The first-order valence-corrected chi connectivity index (χ1v) is 7.93. The molecule has 2 atom stereocenters. The average molecular weight is 267 g/mol. The van der Waals surface area contributed by atoms with Gasteiger partial charge in [0.1, 0.15) is 0 Å². The maximum Gasteiger partial charge on any atom is 0.0627 e. The van der Waals surface area contributed by atoms with Gasteiger partial charge in [0.2, 0.25) is 0 Å². The van der Waals surface area contributed by atoms with Crippen molar-refractivity contribution in [3.05, 3.63) is 18.0 Å². The Morgan fingerprint density at radius 1 is 1.17 bits per heavy atom. The molecule has 2 saturated carbocycles. The molecule has 0 spiro atoms. The maximum absolute atomic E-state index is 6.17. The van der Waals surface area contributed by atoms with Crippen LogP contribution in [0, 0.1) is 5.92 Å². The molecule has 1 heterocycles. The van der Waals surface area contributed by atoms with Crippen molar-refractivity contribution < 1.29 is 0 Å². The van der Waals surface area contributed by atoms with Gasteiger partial charge < -0.3 is 0 Å². The molecule has 2 unspecified atom stereocenters. The molecule has 0 radical (unpaired) electrons. The summed E-state index contributed by atoms with van der Waals surface area (Å²) in [5, 5.41) is 5.21. The van der Waals surface area contributed by atoms with Gasteiger partial charge in [-0.15, -0.1) is 11.6 Å². The Kier molecular flexibility index (Phi) is 3.93. The van der Waals surface area contributed by atoms with Crippen LogP contribution in [0.15, 0.2) is 12.3 Å². The van der Waals surface area contributed by atoms with E-state index in [1.165, 1.54) is 57.1 Å². The van der Waals surface area contributed by atoms with E-state index in [-0.39, 0.29) is 0 Å². The fraction of sp³-hybridized carbons (Fsp3) is 0.800. The standard InChI is InChI=1S/C15H23ClN2/c16-13-7-6-12(10-13)11-14-8-9-18(17-14)15-4-2-1-3-5-15/h8-9,12-13,15H,1-7,10-11H2. The number of hydrogen-bond donors (Lipinski definition) is 0. The van der Waals surface area contributed by atoms with E-state index >= 15 is 0 Å². The van der Waals surface area contributed by atoms with Crippen LogP contribution in [0.25, 0.3) is 0 Å². The molecule has 2 nitrogen and oxygen atoms in total. The summed E-state index contributed by atoms with van der Waals surface area (Å²) >= 11 is 6.17. The van der Waals surface area contributed by atoms with Gasteiger partial charge in [0.25, 0.3) is 0 Å². The second-order valence-corrected chi connectivity index (χ2v) is 6.68. The van der Waals surface area contributed by atoms with Crippen LogP contribution in [0.1, 0.15) is 63.1 Å². The third kappa shape index (κ3) is 2.90. The molecule has 0 amide bonds. The lowest BCUT2D eigenvalue weighted by molar-refractivity contribution is 0.327. The highest BCUT2D eigenvalue weighted by Gasteiger charge is 2.24. The van der Waals surface area contributed by atoms with Crippen LogP contribution in [0.2, 0.25) is 0 Å². The summed E-state index contributed by atoms with van der Waals surface area (Å²) in [5.74, 6) is 0.766. The van der Waals surface area contributed by atoms with Gasteiger partial charge in [0.05, 0.1) is 11.7 Å². The predicted octanol–water partition coefficient (Wildman–Crippen LogP) is 4.34. The van der Waals surface area contributed by atoms with Gasteiger partial charge in [-0.2, -0.15) is 5.10 Å². The smallest absolute Gasteiger partial charge is 0.0627 e. The first-order valence-electron chi connectivity index (χ1n) is 7.49. The molecular weight excluding hydrogens is 244 g/mol. The molecule has 0 saturated heterocycles. The predicted molar refractivity (Wildman–Crippen MR) is 75.0 cm³/mol. The quantitative estimate of drug-likeness (QED) is 0.745. The summed E-state index contributed by atoms with van der Waals surface area (Å²) in [5.41, 5.74) is 1.27. The van der Waals surface area contributed by atoms with Crippen LogP contribution in [0.5, 0.6) is 0 Å². The molecule has 0 N–H and O–H groups in total. The van der Waals surface area contributed by atoms with Crippen molar-refractivity contribution in [1.82, 2.24) is 9.78 Å². The van der Waals surface area contributed by atoms with Crippen LogP contribution in [-0.4, -0.2) is 15.2 Å². The number of aromatic nitrogens is 2. The third-order valence-corrected chi connectivity index (χ3v) is 4.98. The molecule has 1 aromatic heterocycles. The fourth-order valence-electron chi connectivity index (χ4n) is 3.53. The molecule has 0 aromatic carbocycles. The molecule has 0 bridgehead atoms. The molecule has 3 rings (SSSR count). The zero-order valence-corrected chi connectivity index (χ0v) is 11.8. The summed E-state index contributed by atoms with van der Waals surface area (Å²) in [6.07, 6.45) is 13.7.